The predicted molar refractivity (Wildman–Crippen MR) is 108 cm³/mol. The van der Waals surface area contributed by atoms with Gasteiger partial charge >= 0.3 is 0 Å². The summed E-state index contributed by atoms with van der Waals surface area (Å²) in [6.45, 7) is 6.20. The molecular formula is C20H22Cl2N2O3. The molecule has 2 aromatic rings. The molecule has 0 saturated carbocycles. The Labute approximate surface area is 169 Å². The SMILES string of the molecule is CCN(Cc1cccc(NC(=O)C(C)Oc2cccc(Cl)c2Cl)c1)C(C)=O. The first kappa shape index (κ1) is 21.1. The minimum atomic E-state index is -0.769. The fourth-order valence-corrected chi connectivity index (χ4v) is 2.81. The Kier molecular flexibility index (Phi) is 7.51. The zero-order valence-electron chi connectivity index (χ0n) is 15.5. The van der Waals surface area contributed by atoms with Gasteiger partial charge in [-0.2, -0.15) is 0 Å². The van der Waals surface area contributed by atoms with Crippen molar-refractivity contribution in [3.63, 3.8) is 0 Å². The molecule has 0 bridgehead atoms. The van der Waals surface area contributed by atoms with Gasteiger partial charge in [0.05, 0.1) is 5.02 Å². The highest BCUT2D eigenvalue weighted by Crippen LogP contribution is 2.32. The van der Waals surface area contributed by atoms with Gasteiger partial charge in [0.1, 0.15) is 10.8 Å². The van der Waals surface area contributed by atoms with Crippen molar-refractivity contribution in [1.29, 1.82) is 0 Å². The van der Waals surface area contributed by atoms with E-state index in [-0.39, 0.29) is 16.8 Å². The van der Waals surface area contributed by atoms with Gasteiger partial charge in [0.25, 0.3) is 5.91 Å². The smallest absolute Gasteiger partial charge is 0.265 e. The Morgan fingerprint density at radius 1 is 1.19 bits per heavy atom. The van der Waals surface area contributed by atoms with Crippen LogP contribution in [0, 0.1) is 0 Å². The van der Waals surface area contributed by atoms with Gasteiger partial charge in [0, 0.05) is 25.7 Å². The van der Waals surface area contributed by atoms with Crippen molar-refractivity contribution in [2.75, 3.05) is 11.9 Å². The lowest BCUT2D eigenvalue weighted by molar-refractivity contribution is -0.129. The predicted octanol–water partition coefficient (Wildman–Crippen LogP) is 4.77. The van der Waals surface area contributed by atoms with Crippen LogP contribution < -0.4 is 10.1 Å². The number of anilines is 1. The fourth-order valence-electron chi connectivity index (χ4n) is 2.48. The molecule has 1 atom stereocenters. The molecule has 2 rings (SSSR count). The van der Waals surface area contributed by atoms with Crippen molar-refractivity contribution in [3.8, 4) is 5.75 Å². The van der Waals surface area contributed by atoms with Crippen molar-refractivity contribution in [3.05, 3.63) is 58.1 Å². The normalized spacial score (nSPS) is 11.6. The number of hydrogen-bond donors (Lipinski definition) is 1. The number of hydrogen-bond acceptors (Lipinski definition) is 3. The summed E-state index contributed by atoms with van der Waals surface area (Å²) in [5.74, 6) is 0.0371. The number of nitrogens with zero attached hydrogens (tertiary/aromatic N) is 1. The molecule has 5 nitrogen and oxygen atoms in total. The van der Waals surface area contributed by atoms with Crippen molar-refractivity contribution in [2.45, 2.75) is 33.4 Å². The number of benzene rings is 2. The van der Waals surface area contributed by atoms with E-state index in [1.165, 1.54) is 6.92 Å². The molecule has 0 spiro atoms. The largest absolute Gasteiger partial charge is 0.479 e. The summed E-state index contributed by atoms with van der Waals surface area (Å²) >= 11 is 12.0. The molecule has 0 aliphatic rings. The fraction of sp³-hybridized carbons (Fsp3) is 0.300. The maximum atomic E-state index is 12.4. The lowest BCUT2D eigenvalue weighted by atomic mass is 10.2. The Hall–Kier alpha value is -2.24. The zero-order chi connectivity index (χ0) is 20.0. The van der Waals surface area contributed by atoms with Gasteiger partial charge in [-0.3, -0.25) is 9.59 Å². The van der Waals surface area contributed by atoms with Crippen LogP contribution in [0.3, 0.4) is 0 Å². The van der Waals surface area contributed by atoms with Crippen LogP contribution in [0.4, 0.5) is 5.69 Å². The third-order valence-electron chi connectivity index (χ3n) is 3.98. The minimum absolute atomic E-state index is 0.00682. The van der Waals surface area contributed by atoms with Crippen LogP contribution in [-0.4, -0.2) is 29.4 Å². The highest BCUT2D eigenvalue weighted by atomic mass is 35.5. The average molecular weight is 409 g/mol. The number of amides is 2. The van der Waals surface area contributed by atoms with E-state index in [1.54, 1.807) is 36.1 Å². The molecule has 0 aromatic heterocycles. The van der Waals surface area contributed by atoms with Crippen molar-refractivity contribution in [1.82, 2.24) is 4.90 Å². The highest BCUT2D eigenvalue weighted by molar-refractivity contribution is 6.42. The molecule has 0 radical (unpaired) electrons. The topological polar surface area (TPSA) is 58.6 Å². The van der Waals surface area contributed by atoms with Crippen LogP contribution in [0.25, 0.3) is 0 Å². The second kappa shape index (κ2) is 9.62. The summed E-state index contributed by atoms with van der Waals surface area (Å²) in [5, 5.41) is 3.44. The van der Waals surface area contributed by atoms with Crippen LogP contribution in [0.15, 0.2) is 42.5 Å². The second-order valence-corrected chi connectivity index (χ2v) is 6.82. The molecule has 0 saturated heterocycles. The molecule has 27 heavy (non-hydrogen) atoms. The number of halogens is 2. The molecule has 2 amide bonds. The molecule has 0 fully saturated rings. The van der Waals surface area contributed by atoms with E-state index >= 15 is 0 Å². The van der Waals surface area contributed by atoms with Gasteiger partial charge in [-0.05, 0) is 43.7 Å². The van der Waals surface area contributed by atoms with E-state index in [0.717, 1.165) is 5.56 Å². The highest BCUT2D eigenvalue weighted by Gasteiger charge is 2.17. The number of carbonyl (C=O) groups excluding carboxylic acids is 2. The molecular weight excluding hydrogens is 387 g/mol. The number of nitrogens with one attached hydrogen (secondary N) is 1. The van der Waals surface area contributed by atoms with E-state index < -0.39 is 6.10 Å². The zero-order valence-corrected chi connectivity index (χ0v) is 17.0. The Morgan fingerprint density at radius 2 is 1.89 bits per heavy atom. The van der Waals surface area contributed by atoms with Crippen molar-refractivity contribution < 1.29 is 14.3 Å². The molecule has 0 aliphatic heterocycles. The van der Waals surface area contributed by atoms with Gasteiger partial charge in [-0.1, -0.05) is 41.4 Å². The Balaban J connectivity index is 2.03. The van der Waals surface area contributed by atoms with E-state index in [4.69, 9.17) is 27.9 Å². The van der Waals surface area contributed by atoms with Gasteiger partial charge in [0.15, 0.2) is 6.10 Å². The third kappa shape index (κ3) is 5.88. The summed E-state index contributed by atoms with van der Waals surface area (Å²) in [5.41, 5.74) is 1.56. The number of carbonyl (C=O) groups is 2. The van der Waals surface area contributed by atoms with E-state index in [0.29, 0.717) is 29.5 Å². The Morgan fingerprint density at radius 3 is 2.56 bits per heavy atom. The summed E-state index contributed by atoms with van der Waals surface area (Å²) in [7, 11) is 0. The lowest BCUT2D eigenvalue weighted by Gasteiger charge is -2.20. The summed E-state index contributed by atoms with van der Waals surface area (Å²) < 4.78 is 5.62. The van der Waals surface area contributed by atoms with E-state index in [1.807, 2.05) is 25.1 Å². The quantitative estimate of drug-likeness (QED) is 0.717. The van der Waals surface area contributed by atoms with Crippen LogP contribution in [0.2, 0.25) is 10.0 Å². The van der Waals surface area contributed by atoms with Gasteiger partial charge in [0.2, 0.25) is 5.91 Å². The summed E-state index contributed by atoms with van der Waals surface area (Å²) in [4.78, 5) is 25.7. The first-order valence-electron chi connectivity index (χ1n) is 8.57. The lowest BCUT2D eigenvalue weighted by Crippen LogP contribution is -2.30. The summed E-state index contributed by atoms with van der Waals surface area (Å²) in [6.07, 6.45) is -0.769. The van der Waals surface area contributed by atoms with Crippen LogP contribution >= 0.6 is 23.2 Å². The second-order valence-electron chi connectivity index (χ2n) is 6.03. The molecule has 0 heterocycles. The molecule has 2 aromatic carbocycles. The maximum Gasteiger partial charge on any atom is 0.265 e. The molecule has 1 unspecified atom stereocenters. The molecule has 1 N–H and O–H groups in total. The minimum Gasteiger partial charge on any atom is -0.479 e. The first-order valence-corrected chi connectivity index (χ1v) is 9.33. The van der Waals surface area contributed by atoms with Gasteiger partial charge < -0.3 is 15.0 Å². The number of rotatable bonds is 7. The average Bonchev–Trinajstić information content (AvgIpc) is 2.63. The molecule has 144 valence electrons. The maximum absolute atomic E-state index is 12.4. The Bertz CT molecular complexity index is 827. The van der Waals surface area contributed by atoms with Crippen LogP contribution in [-0.2, 0) is 16.1 Å². The monoisotopic (exact) mass is 408 g/mol. The van der Waals surface area contributed by atoms with E-state index in [9.17, 15) is 9.59 Å². The van der Waals surface area contributed by atoms with Gasteiger partial charge in [-0.25, -0.2) is 0 Å². The third-order valence-corrected chi connectivity index (χ3v) is 4.79. The standard InChI is InChI=1S/C20H22Cl2N2O3/c1-4-24(14(3)25)12-15-7-5-8-16(11-15)23-20(26)13(2)27-18-10-6-9-17(21)19(18)22/h5-11,13H,4,12H2,1-3H3,(H,23,26). The summed E-state index contributed by atoms with van der Waals surface area (Å²) in [6, 6.07) is 12.4. The van der Waals surface area contributed by atoms with Crippen LogP contribution in [0.5, 0.6) is 5.75 Å². The first-order chi connectivity index (χ1) is 12.8. The molecule has 7 heteroatoms. The van der Waals surface area contributed by atoms with Crippen LogP contribution in [0.1, 0.15) is 26.3 Å². The van der Waals surface area contributed by atoms with Crippen molar-refractivity contribution >= 4 is 40.7 Å². The van der Waals surface area contributed by atoms with Gasteiger partial charge in [-0.15, -0.1) is 0 Å². The van der Waals surface area contributed by atoms with Crippen molar-refractivity contribution in [2.24, 2.45) is 0 Å². The van der Waals surface area contributed by atoms with E-state index in [2.05, 4.69) is 5.32 Å². The molecule has 0 aliphatic carbocycles. The number of ether oxygens (including phenoxy) is 1.